The lowest BCUT2D eigenvalue weighted by Gasteiger charge is -2.24. The molecular formula is C30H30N2O21. The maximum absolute atomic E-state index is 12.3. The first kappa shape index (κ1) is 40.7. The average Bonchev–Trinajstić information content (AvgIpc) is 3.74. The van der Waals surface area contributed by atoms with Gasteiger partial charge in [-0.25, -0.2) is 33.8 Å². The van der Waals surface area contributed by atoms with Crippen LogP contribution in [0.3, 0.4) is 0 Å². The molecule has 0 aliphatic carbocycles. The zero-order valence-corrected chi connectivity index (χ0v) is 28.2. The van der Waals surface area contributed by atoms with Gasteiger partial charge in [-0.1, -0.05) is 0 Å². The second-order valence-electron chi connectivity index (χ2n) is 9.59. The molecule has 0 amide bonds. The van der Waals surface area contributed by atoms with Gasteiger partial charge in [-0.3, -0.25) is 19.2 Å². The van der Waals surface area contributed by atoms with Gasteiger partial charge in [0.1, 0.15) is 17.0 Å². The van der Waals surface area contributed by atoms with Gasteiger partial charge >= 0.3 is 47.8 Å². The summed E-state index contributed by atoms with van der Waals surface area (Å²) < 4.78 is 54.0. The first-order valence-corrected chi connectivity index (χ1v) is 14.6. The van der Waals surface area contributed by atoms with E-state index in [4.69, 9.17) is 42.2 Å². The van der Waals surface area contributed by atoms with Gasteiger partial charge in [-0.2, -0.15) is 0 Å². The standard InChI is InChI=1S/C30H30N2O21/c1-16(33)42-12-46-26(37)9-41-23-5-20-6-24(29-31-8-25(53-29)30(40)49-15-45-19(4)36)52-22(20)7-21(23)32(50-10-27(38)47-13-43-17(2)34)51-11-28(39)48-14-44-18(3)35/h5-8H,9-15H2,1-4H3. The summed E-state index contributed by atoms with van der Waals surface area (Å²) in [6.45, 7) is -1.19. The van der Waals surface area contributed by atoms with Gasteiger partial charge in [-0.05, 0) is 12.1 Å². The summed E-state index contributed by atoms with van der Waals surface area (Å²) in [7, 11) is 0. The maximum atomic E-state index is 12.3. The third-order valence-electron chi connectivity index (χ3n) is 5.56. The number of furan rings is 1. The van der Waals surface area contributed by atoms with Crippen molar-refractivity contribution >= 4 is 64.4 Å². The van der Waals surface area contributed by atoms with Crippen LogP contribution < -0.4 is 9.96 Å². The van der Waals surface area contributed by atoms with E-state index in [9.17, 15) is 38.4 Å². The van der Waals surface area contributed by atoms with Crippen LogP contribution in [0.4, 0.5) is 5.69 Å². The van der Waals surface area contributed by atoms with Crippen LogP contribution in [0.2, 0.25) is 0 Å². The van der Waals surface area contributed by atoms with Crippen LogP contribution in [0.1, 0.15) is 38.2 Å². The molecule has 0 fully saturated rings. The number of hydrogen-bond donors (Lipinski definition) is 0. The highest BCUT2D eigenvalue weighted by molar-refractivity contribution is 5.89. The highest BCUT2D eigenvalue weighted by Crippen LogP contribution is 2.37. The van der Waals surface area contributed by atoms with E-state index in [1.54, 1.807) is 0 Å². The fourth-order valence-electron chi connectivity index (χ4n) is 3.33. The van der Waals surface area contributed by atoms with Crippen LogP contribution in [0.15, 0.2) is 33.2 Å². The van der Waals surface area contributed by atoms with Crippen LogP contribution in [-0.4, -0.2) is 99.7 Å². The minimum atomic E-state index is -1.08. The Morgan fingerprint density at radius 1 is 0.604 bits per heavy atom. The van der Waals surface area contributed by atoms with Crippen molar-refractivity contribution in [3.8, 4) is 17.4 Å². The molecule has 0 atom stereocenters. The second-order valence-corrected chi connectivity index (χ2v) is 9.59. The topological polar surface area (TPSA) is 280 Å². The zero-order valence-electron chi connectivity index (χ0n) is 28.2. The number of anilines is 1. The molecule has 0 N–H and O–H groups in total. The van der Waals surface area contributed by atoms with Crippen LogP contribution in [0, 0.1) is 0 Å². The van der Waals surface area contributed by atoms with Crippen molar-refractivity contribution in [2.24, 2.45) is 0 Å². The fraction of sp³-hybridized carbons (Fsp3) is 0.367. The summed E-state index contributed by atoms with van der Waals surface area (Å²) in [5.74, 6) is -7.95. The molecular weight excluding hydrogens is 724 g/mol. The first-order valence-electron chi connectivity index (χ1n) is 14.6. The van der Waals surface area contributed by atoms with E-state index in [-0.39, 0.29) is 39.8 Å². The van der Waals surface area contributed by atoms with Gasteiger partial charge in [0, 0.05) is 39.1 Å². The van der Waals surface area contributed by atoms with Gasteiger partial charge in [0.05, 0.1) is 6.20 Å². The molecule has 0 radical (unpaired) electrons. The Morgan fingerprint density at radius 2 is 1.09 bits per heavy atom. The van der Waals surface area contributed by atoms with Crippen molar-refractivity contribution in [2.75, 3.05) is 52.2 Å². The third-order valence-corrected chi connectivity index (χ3v) is 5.56. The van der Waals surface area contributed by atoms with Crippen LogP contribution >= 0.6 is 0 Å². The Balaban J connectivity index is 1.94. The molecule has 2 aromatic heterocycles. The van der Waals surface area contributed by atoms with Crippen molar-refractivity contribution in [1.29, 1.82) is 0 Å². The lowest BCUT2D eigenvalue weighted by Crippen LogP contribution is -2.31. The number of hydrogen-bond acceptors (Lipinski definition) is 23. The summed E-state index contributed by atoms with van der Waals surface area (Å²) >= 11 is 0. The van der Waals surface area contributed by atoms with Crippen molar-refractivity contribution in [3.63, 3.8) is 0 Å². The molecule has 3 aromatic rings. The van der Waals surface area contributed by atoms with Crippen molar-refractivity contribution in [3.05, 3.63) is 30.2 Å². The number of rotatable bonds is 20. The number of esters is 8. The number of aromatic nitrogens is 1. The number of carbonyl (C=O) groups is 8. The third kappa shape index (κ3) is 14.2. The highest BCUT2D eigenvalue weighted by Gasteiger charge is 2.24. The highest BCUT2D eigenvalue weighted by atomic mass is 17.0. The summed E-state index contributed by atoms with van der Waals surface area (Å²) in [4.78, 5) is 108. The van der Waals surface area contributed by atoms with E-state index >= 15 is 0 Å². The molecule has 53 heavy (non-hydrogen) atoms. The number of carbonyl (C=O) groups excluding carboxylic acids is 8. The second kappa shape index (κ2) is 20.2. The monoisotopic (exact) mass is 754 g/mol. The van der Waals surface area contributed by atoms with Crippen molar-refractivity contribution in [1.82, 2.24) is 4.98 Å². The molecule has 0 bridgehead atoms. The van der Waals surface area contributed by atoms with Gasteiger partial charge in [0.15, 0.2) is 25.6 Å². The van der Waals surface area contributed by atoms with E-state index < -0.39 is 94.7 Å². The normalized spacial score (nSPS) is 10.4. The first-order chi connectivity index (χ1) is 25.2. The van der Waals surface area contributed by atoms with E-state index in [0.717, 1.165) is 33.9 Å². The molecule has 23 heteroatoms. The lowest BCUT2D eigenvalue weighted by atomic mass is 10.2. The van der Waals surface area contributed by atoms with Crippen LogP contribution in [0.25, 0.3) is 22.6 Å². The molecule has 0 saturated heterocycles. The number of benzene rings is 1. The molecule has 2 heterocycles. The summed E-state index contributed by atoms with van der Waals surface area (Å²) in [6, 6.07) is 3.87. The molecule has 0 unspecified atom stereocenters. The quantitative estimate of drug-likeness (QED) is 0.0673. The SMILES string of the molecule is CC(=O)OCOC(=O)COc1cc2cc(-c3ncc(C(=O)OCOC(C)=O)o3)oc2cc1N(OCC(=O)OCOC(C)=O)OCC(=O)OCOC(C)=O. The number of ether oxygens (including phenoxy) is 9. The minimum Gasteiger partial charge on any atom is -0.480 e. The van der Waals surface area contributed by atoms with Gasteiger partial charge < -0.3 is 51.5 Å². The summed E-state index contributed by atoms with van der Waals surface area (Å²) in [5, 5.41) is 0.745. The Morgan fingerprint density at radius 3 is 1.60 bits per heavy atom. The molecule has 0 aliphatic rings. The largest absolute Gasteiger partial charge is 0.480 e. The molecule has 3 rings (SSSR count). The van der Waals surface area contributed by atoms with Gasteiger partial charge in [0.25, 0.3) is 5.89 Å². The smallest absolute Gasteiger partial charge is 0.378 e. The van der Waals surface area contributed by atoms with Crippen molar-refractivity contribution < 1.29 is 99.5 Å². The Labute approximate surface area is 296 Å². The Bertz CT molecular complexity index is 1770. The summed E-state index contributed by atoms with van der Waals surface area (Å²) in [6.07, 6.45) is 1.02. The zero-order chi connectivity index (χ0) is 38.9. The van der Waals surface area contributed by atoms with E-state index in [1.807, 2.05) is 0 Å². The molecule has 0 aliphatic heterocycles. The molecule has 23 nitrogen and oxygen atoms in total. The average molecular weight is 755 g/mol. The molecule has 0 saturated carbocycles. The van der Waals surface area contributed by atoms with Crippen molar-refractivity contribution in [2.45, 2.75) is 27.7 Å². The van der Waals surface area contributed by atoms with E-state index in [0.29, 0.717) is 5.23 Å². The minimum absolute atomic E-state index is 0.0176. The van der Waals surface area contributed by atoms with Gasteiger partial charge in [-0.15, -0.1) is 5.23 Å². The molecule has 0 spiro atoms. The molecule has 1 aromatic carbocycles. The predicted molar refractivity (Wildman–Crippen MR) is 162 cm³/mol. The number of oxazole rings is 1. The fourth-order valence-corrected chi connectivity index (χ4v) is 3.33. The number of fused-ring (bicyclic) bond motifs is 1. The maximum Gasteiger partial charge on any atom is 0.378 e. The van der Waals surface area contributed by atoms with E-state index in [2.05, 4.69) is 23.9 Å². The number of nitrogens with zero attached hydrogens (tertiary/aromatic N) is 2. The predicted octanol–water partition coefficient (Wildman–Crippen LogP) is 1.00. The summed E-state index contributed by atoms with van der Waals surface area (Å²) in [5.41, 5.74) is -0.252. The van der Waals surface area contributed by atoms with E-state index in [1.165, 1.54) is 18.2 Å². The Kier molecular flexibility index (Phi) is 15.5. The lowest BCUT2D eigenvalue weighted by molar-refractivity contribution is -0.180. The van der Waals surface area contributed by atoms with Crippen LogP contribution in [0.5, 0.6) is 5.75 Å². The van der Waals surface area contributed by atoms with Crippen LogP contribution in [-0.2, 0) is 81.1 Å². The molecule has 286 valence electrons. The Hall–Kier alpha value is -6.75. The van der Waals surface area contributed by atoms with Gasteiger partial charge in [0.2, 0.25) is 32.9 Å².